The van der Waals surface area contributed by atoms with E-state index in [0.29, 0.717) is 16.7 Å². The highest BCUT2D eigenvalue weighted by Crippen LogP contribution is 2.23. The molecule has 2 rings (SSSR count). The third kappa shape index (κ3) is 3.14. The lowest BCUT2D eigenvalue weighted by Gasteiger charge is -2.28. The van der Waals surface area contributed by atoms with Crippen LogP contribution in [0.1, 0.15) is 13.8 Å². The van der Waals surface area contributed by atoms with Crippen molar-refractivity contribution in [2.45, 2.75) is 24.5 Å². The van der Waals surface area contributed by atoms with Crippen LogP contribution in [0.15, 0.2) is 28.0 Å². The van der Waals surface area contributed by atoms with E-state index in [1.165, 1.54) is 16.7 Å². The van der Waals surface area contributed by atoms with Crippen LogP contribution in [-0.4, -0.2) is 43.9 Å². The van der Waals surface area contributed by atoms with Gasteiger partial charge in [0.2, 0.25) is 5.91 Å². The van der Waals surface area contributed by atoms with Crippen molar-refractivity contribution in [3.05, 3.63) is 18.4 Å². The number of nitriles is 1. The molecule has 2 aromatic rings. The van der Waals surface area contributed by atoms with Gasteiger partial charge in [-0.25, -0.2) is 0 Å². The van der Waals surface area contributed by atoms with Crippen LogP contribution in [0.3, 0.4) is 0 Å². The number of rotatable bonds is 5. The molecule has 0 spiro atoms. The lowest BCUT2D eigenvalue weighted by molar-refractivity contribution is -0.130. The fraction of sp³-hybridized carbons (Fsp3) is 0.429. The van der Waals surface area contributed by atoms with Crippen LogP contribution in [0.25, 0.3) is 11.6 Å². The average molecular weight is 319 g/mol. The molecule has 0 atom stereocenters. The van der Waals surface area contributed by atoms with Crippen LogP contribution in [0, 0.1) is 11.3 Å². The zero-order valence-corrected chi connectivity index (χ0v) is 13.7. The van der Waals surface area contributed by atoms with Gasteiger partial charge in [0.15, 0.2) is 16.7 Å². The van der Waals surface area contributed by atoms with Crippen LogP contribution < -0.4 is 0 Å². The van der Waals surface area contributed by atoms with E-state index in [2.05, 4.69) is 16.3 Å². The number of furan rings is 1. The summed E-state index contributed by atoms with van der Waals surface area (Å²) in [6.07, 6.45) is 1.57. The summed E-state index contributed by atoms with van der Waals surface area (Å²) in [6, 6.07) is 5.68. The molecule has 8 heteroatoms. The average Bonchev–Trinajstić information content (AvgIpc) is 3.13. The molecule has 2 heterocycles. The first-order valence-corrected chi connectivity index (χ1v) is 7.59. The molecule has 7 nitrogen and oxygen atoms in total. The normalized spacial score (nSPS) is 11.2. The molecule has 0 radical (unpaired) electrons. The van der Waals surface area contributed by atoms with Gasteiger partial charge in [-0.1, -0.05) is 11.8 Å². The highest BCUT2D eigenvalue weighted by molar-refractivity contribution is 7.99. The Kier molecular flexibility index (Phi) is 4.56. The SMILES string of the molecule is CN(C(=O)CSc1nnc(-c2ccco2)n1C)C(C)(C)C#N. The van der Waals surface area contributed by atoms with Gasteiger partial charge < -0.3 is 13.9 Å². The summed E-state index contributed by atoms with van der Waals surface area (Å²) in [5.74, 6) is 1.27. The number of thioether (sulfide) groups is 1. The zero-order chi connectivity index (χ0) is 16.3. The van der Waals surface area contributed by atoms with Gasteiger partial charge >= 0.3 is 0 Å². The minimum absolute atomic E-state index is 0.140. The molecule has 2 aromatic heterocycles. The van der Waals surface area contributed by atoms with E-state index in [1.807, 2.05) is 7.05 Å². The van der Waals surface area contributed by atoms with Crippen molar-refractivity contribution in [3.63, 3.8) is 0 Å². The van der Waals surface area contributed by atoms with E-state index in [0.717, 1.165) is 0 Å². The molecule has 0 aliphatic carbocycles. The molecule has 0 aromatic carbocycles. The Morgan fingerprint density at radius 2 is 2.27 bits per heavy atom. The predicted octanol–water partition coefficient (Wildman–Crippen LogP) is 1.93. The smallest absolute Gasteiger partial charge is 0.234 e. The van der Waals surface area contributed by atoms with Crippen molar-refractivity contribution in [1.82, 2.24) is 19.7 Å². The Morgan fingerprint density at radius 3 is 2.86 bits per heavy atom. The summed E-state index contributed by atoms with van der Waals surface area (Å²) in [4.78, 5) is 13.6. The van der Waals surface area contributed by atoms with Crippen LogP contribution in [0.4, 0.5) is 0 Å². The van der Waals surface area contributed by atoms with Gasteiger partial charge in [0.1, 0.15) is 5.54 Å². The topological polar surface area (TPSA) is 87.9 Å². The number of amides is 1. The fourth-order valence-electron chi connectivity index (χ4n) is 1.67. The Morgan fingerprint density at radius 1 is 1.55 bits per heavy atom. The molecule has 0 saturated heterocycles. The zero-order valence-electron chi connectivity index (χ0n) is 12.9. The Labute approximate surface area is 132 Å². The predicted molar refractivity (Wildman–Crippen MR) is 81.9 cm³/mol. The molecular weight excluding hydrogens is 302 g/mol. The van der Waals surface area contributed by atoms with Crippen molar-refractivity contribution < 1.29 is 9.21 Å². The van der Waals surface area contributed by atoms with Crippen LogP contribution in [0.5, 0.6) is 0 Å². The van der Waals surface area contributed by atoms with Crippen molar-refractivity contribution in [1.29, 1.82) is 5.26 Å². The van der Waals surface area contributed by atoms with Gasteiger partial charge in [-0.3, -0.25) is 4.79 Å². The van der Waals surface area contributed by atoms with E-state index in [-0.39, 0.29) is 11.7 Å². The second-order valence-electron chi connectivity index (χ2n) is 5.25. The minimum Gasteiger partial charge on any atom is -0.461 e. The molecule has 116 valence electrons. The summed E-state index contributed by atoms with van der Waals surface area (Å²) in [5, 5.41) is 17.8. The van der Waals surface area contributed by atoms with Crippen LogP contribution in [0.2, 0.25) is 0 Å². The third-order valence-electron chi connectivity index (χ3n) is 3.39. The molecule has 0 bridgehead atoms. The van der Waals surface area contributed by atoms with Gasteiger partial charge in [-0.05, 0) is 26.0 Å². The van der Waals surface area contributed by atoms with Gasteiger partial charge in [0, 0.05) is 14.1 Å². The molecule has 0 aliphatic heterocycles. The fourth-order valence-corrected chi connectivity index (χ4v) is 2.50. The quantitative estimate of drug-likeness (QED) is 0.782. The number of carbonyl (C=O) groups is 1. The van der Waals surface area contributed by atoms with E-state index in [4.69, 9.17) is 9.68 Å². The van der Waals surface area contributed by atoms with Crippen LogP contribution in [-0.2, 0) is 11.8 Å². The number of nitrogens with zero attached hydrogens (tertiary/aromatic N) is 5. The van der Waals surface area contributed by atoms with Crippen LogP contribution >= 0.6 is 11.8 Å². The van der Waals surface area contributed by atoms with Crippen molar-refractivity contribution in [2.24, 2.45) is 7.05 Å². The van der Waals surface area contributed by atoms with Gasteiger partial charge in [-0.15, -0.1) is 10.2 Å². The first-order chi connectivity index (χ1) is 10.4. The molecular formula is C14H17N5O2S. The first kappa shape index (κ1) is 16.1. The third-order valence-corrected chi connectivity index (χ3v) is 4.39. The molecule has 22 heavy (non-hydrogen) atoms. The molecule has 0 fully saturated rings. The summed E-state index contributed by atoms with van der Waals surface area (Å²) < 4.78 is 7.06. The highest BCUT2D eigenvalue weighted by Gasteiger charge is 2.27. The lowest BCUT2D eigenvalue weighted by atomic mass is 10.1. The summed E-state index contributed by atoms with van der Waals surface area (Å²) in [7, 11) is 3.44. The van der Waals surface area contributed by atoms with Gasteiger partial charge in [0.25, 0.3) is 0 Å². The highest BCUT2D eigenvalue weighted by atomic mass is 32.2. The lowest BCUT2D eigenvalue weighted by Crippen LogP contribution is -2.44. The Balaban J connectivity index is 2.04. The number of hydrogen-bond donors (Lipinski definition) is 0. The van der Waals surface area contributed by atoms with E-state index in [9.17, 15) is 4.79 Å². The number of aromatic nitrogens is 3. The Hall–Kier alpha value is -2.27. The summed E-state index contributed by atoms with van der Waals surface area (Å²) >= 11 is 1.28. The molecule has 1 amide bonds. The molecule has 0 saturated carbocycles. The second kappa shape index (κ2) is 6.23. The maximum atomic E-state index is 12.1. The van der Waals surface area contributed by atoms with Crippen molar-refractivity contribution in [3.8, 4) is 17.7 Å². The minimum atomic E-state index is -0.836. The largest absolute Gasteiger partial charge is 0.461 e. The number of carbonyl (C=O) groups excluding carboxylic acids is 1. The summed E-state index contributed by atoms with van der Waals surface area (Å²) in [6.45, 7) is 3.40. The van der Waals surface area contributed by atoms with Gasteiger partial charge in [-0.2, -0.15) is 5.26 Å². The maximum Gasteiger partial charge on any atom is 0.234 e. The van der Waals surface area contributed by atoms with E-state index < -0.39 is 5.54 Å². The molecule has 0 aliphatic rings. The summed E-state index contributed by atoms with van der Waals surface area (Å²) in [5.41, 5.74) is -0.836. The maximum absolute atomic E-state index is 12.1. The molecule has 0 unspecified atom stereocenters. The monoisotopic (exact) mass is 319 g/mol. The molecule has 0 N–H and O–H groups in total. The first-order valence-electron chi connectivity index (χ1n) is 6.61. The standard InChI is InChI=1S/C14H17N5O2S/c1-14(2,9-15)19(4)11(20)8-22-13-17-16-12(18(13)3)10-6-5-7-21-10/h5-7H,8H2,1-4H3. The van der Waals surface area contributed by atoms with E-state index in [1.54, 1.807) is 43.9 Å². The Bertz CT molecular complexity index is 699. The van der Waals surface area contributed by atoms with Crippen molar-refractivity contribution in [2.75, 3.05) is 12.8 Å². The second-order valence-corrected chi connectivity index (χ2v) is 6.20. The van der Waals surface area contributed by atoms with E-state index >= 15 is 0 Å². The van der Waals surface area contributed by atoms with Crippen molar-refractivity contribution >= 4 is 17.7 Å². The number of hydrogen-bond acceptors (Lipinski definition) is 6. The van der Waals surface area contributed by atoms with Gasteiger partial charge in [0.05, 0.1) is 18.1 Å².